The van der Waals surface area contributed by atoms with Gasteiger partial charge in [-0.1, -0.05) is 5.11 Å². The van der Waals surface area contributed by atoms with Gasteiger partial charge in [0.25, 0.3) is 0 Å². The molecule has 1 aliphatic heterocycles. The third kappa shape index (κ3) is 2.29. The van der Waals surface area contributed by atoms with Crippen molar-refractivity contribution in [2.45, 2.75) is 6.42 Å². The fourth-order valence-corrected chi connectivity index (χ4v) is 1.86. The lowest BCUT2D eigenvalue weighted by Gasteiger charge is -2.15. The van der Waals surface area contributed by atoms with Crippen molar-refractivity contribution in [1.29, 1.82) is 0 Å². The molecule has 1 atom stereocenters. The summed E-state index contributed by atoms with van der Waals surface area (Å²) in [6.45, 7) is 0.703. The number of rotatable bonds is 3. The van der Waals surface area contributed by atoms with Crippen molar-refractivity contribution in [3.63, 3.8) is 0 Å². The SMILES string of the molecule is [N-]=[N+]=NCC1CC(=O)N(c2ncccc2O)C1. The van der Waals surface area contributed by atoms with E-state index >= 15 is 0 Å². The molecule has 0 spiro atoms. The van der Waals surface area contributed by atoms with Crippen molar-refractivity contribution < 1.29 is 9.90 Å². The number of aromatic hydroxyl groups is 1. The summed E-state index contributed by atoms with van der Waals surface area (Å²) in [5, 5.41) is 13.1. The van der Waals surface area contributed by atoms with Gasteiger partial charge >= 0.3 is 0 Å². The van der Waals surface area contributed by atoms with Crippen LogP contribution in [0.5, 0.6) is 5.75 Å². The van der Waals surface area contributed by atoms with Crippen LogP contribution in [0.15, 0.2) is 23.4 Å². The Labute approximate surface area is 97.3 Å². The van der Waals surface area contributed by atoms with Crippen LogP contribution in [0.3, 0.4) is 0 Å². The highest BCUT2D eigenvalue weighted by molar-refractivity contribution is 5.95. The van der Waals surface area contributed by atoms with Gasteiger partial charge in [-0.3, -0.25) is 9.69 Å². The number of carbonyl (C=O) groups is 1. The van der Waals surface area contributed by atoms with E-state index < -0.39 is 0 Å². The first-order chi connectivity index (χ1) is 8.22. The number of aromatic nitrogens is 1. The van der Waals surface area contributed by atoms with Crippen molar-refractivity contribution in [2.75, 3.05) is 18.0 Å². The van der Waals surface area contributed by atoms with Gasteiger partial charge < -0.3 is 5.11 Å². The van der Waals surface area contributed by atoms with Gasteiger partial charge in [-0.15, -0.1) is 0 Å². The van der Waals surface area contributed by atoms with Crippen LogP contribution in [-0.2, 0) is 4.79 Å². The highest BCUT2D eigenvalue weighted by Gasteiger charge is 2.32. The smallest absolute Gasteiger partial charge is 0.228 e. The highest BCUT2D eigenvalue weighted by Crippen LogP contribution is 2.29. The van der Waals surface area contributed by atoms with E-state index in [0.717, 1.165) is 0 Å². The van der Waals surface area contributed by atoms with E-state index in [1.54, 1.807) is 6.07 Å². The van der Waals surface area contributed by atoms with Crippen LogP contribution < -0.4 is 4.90 Å². The highest BCUT2D eigenvalue weighted by atomic mass is 16.3. The lowest BCUT2D eigenvalue weighted by molar-refractivity contribution is -0.117. The molecule has 1 unspecified atom stereocenters. The summed E-state index contributed by atoms with van der Waals surface area (Å²) >= 11 is 0. The molecule has 7 heteroatoms. The summed E-state index contributed by atoms with van der Waals surface area (Å²) in [4.78, 5) is 19.8. The van der Waals surface area contributed by atoms with Crippen LogP contribution in [0.4, 0.5) is 5.82 Å². The maximum absolute atomic E-state index is 11.7. The Morgan fingerprint density at radius 2 is 2.53 bits per heavy atom. The molecule has 1 aliphatic rings. The molecule has 1 N–H and O–H groups in total. The van der Waals surface area contributed by atoms with Gasteiger partial charge in [-0.05, 0) is 23.6 Å². The van der Waals surface area contributed by atoms with Gasteiger partial charge in [0.1, 0.15) is 0 Å². The predicted molar refractivity (Wildman–Crippen MR) is 60.4 cm³/mol. The minimum Gasteiger partial charge on any atom is -0.504 e. The van der Waals surface area contributed by atoms with Crippen LogP contribution >= 0.6 is 0 Å². The van der Waals surface area contributed by atoms with Crippen molar-refractivity contribution in [3.8, 4) is 5.75 Å². The normalized spacial score (nSPS) is 19.2. The number of amides is 1. The van der Waals surface area contributed by atoms with Gasteiger partial charge in [0.05, 0.1) is 0 Å². The molecule has 17 heavy (non-hydrogen) atoms. The molecule has 0 saturated carbocycles. The van der Waals surface area contributed by atoms with E-state index in [-0.39, 0.29) is 29.9 Å². The molecule has 88 valence electrons. The Hall–Kier alpha value is -2.27. The molecule has 1 aromatic heterocycles. The molecular weight excluding hydrogens is 222 g/mol. The van der Waals surface area contributed by atoms with E-state index in [1.165, 1.54) is 17.2 Å². The zero-order chi connectivity index (χ0) is 12.3. The first kappa shape index (κ1) is 11.2. The number of carbonyl (C=O) groups excluding carboxylic acids is 1. The summed E-state index contributed by atoms with van der Waals surface area (Å²) in [5.41, 5.74) is 8.23. The minimum absolute atomic E-state index is 0.0141. The Morgan fingerprint density at radius 3 is 3.24 bits per heavy atom. The Balaban J connectivity index is 2.16. The van der Waals surface area contributed by atoms with E-state index in [1.807, 2.05) is 0 Å². The summed E-state index contributed by atoms with van der Waals surface area (Å²) in [6.07, 6.45) is 1.83. The Bertz CT molecular complexity index is 483. The van der Waals surface area contributed by atoms with Gasteiger partial charge in [0.2, 0.25) is 5.91 Å². The summed E-state index contributed by atoms with van der Waals surface area (Å²) in [7, 11) is 0. The van der Waals surface area contributed by atoms with Gasteiger partial charge in [-0.25, -0.2) is 4.98 Å². The largest absolute Gasteiger partial charge is 0.504 e. The second-order valence-corrected chi connectivity index (χ2v) is 3.83. The molecule has 2 heterocycles. The fraction of sp³-hybridized carbons (Fsp3) is 0.400. The van der Waals surface area contributed by atoms with Crippen LogP contribution in [0, 0.1) is 5.92 Å². The molecule has 0 aromatic carbocycles. The Kier molecular flexibility index (Phi) is 3.11. The zero-order valence-electron chi connectivity index (χ0n) is 9.02. The van der Waals surface area contributed by atoms with Crippen molar-refractivity contribution in [1.82, 2.24) is 4.98 Å². The Morgan fingerprint density at radius 1 is 1.71 bits per heavy atom. The third-order valence-corrected chi connectivity index (χ3v) is 2.63. The van der Waals surface area contributed by atoms with E-state index in [2.05, 4.69) is 15.0 Å². The molecule has 0 bridgehead atoms. The van der Waals surface area contributed by atoms with Crippen molar-refractivity contribution in [3.05, 3.63) is 28.8 Å². The molecule has 7 nitrogen and oxygen atoms in total. The summed E-state index contributed by atoms with van der Waals surface area (Å²) in [6, 6.07) is 3.08. The standard InChI is InChI=1S/C10H11N5O2/c11-14-13-5-7-4-9(17)15(6-7)10-8(16)2-1-3-12-10/h1-3,7,16H,4-6H2. The van der Waals surface area contributed by atoms with Crippen LogP contribution in [-0.4, -0.2) is 29.1 Å². The molecular formula is C10H11N5O2. The lowest BCUT2D eigenvalue weighted by atomic mass is 10.1. The molecule has 2 rings (SSSR count). The minimum atomic E-state index is -0.114. The predicted octanol–water partition coefficient (Wildman–Crippen LogP) is 1.45. The molecule has 0 radical (unpaired) electrons. The number of hydrogen-bond donors (Lipinski definition) is 1. The first-order valence-electron chi connectivity index (χ1n) is 5.17. The van der Waals surface area contributed by atoms with Gasteiger partial charge in [0, 0.05) is 30.6 Å². The van der Waals surface area contributed by atoms with E-state index in [4.69, 9.17) is 5.53 Å². The number of nitrogens with zero attached hydrogens (tertiary/aromatic N) is 5. The average Bonchev–Trinajstić information content (AvgIpc) is 2.68. The monoisotopic (exact) mass is 233 g/mol. The number of azide groups is 1. The van der Waals surface area contributed by atoms with Crippen LogP contribution in [0.1, 0.15) is 6.42 Å². The molecule has 1 aromatic rings. The average molecular weight is 233 g/mol. The molecule has 1 amide bonds. The molecule has 1 fully saturated rings. The zero-order valence-corrected chi connectivity index (χ0v) is 9.02. The summed E-state index contributed by atoms with van der Waals surface area (Å²) < 4.78 is 0. The first-order valence-corrected chi connectivity index (χ1v) is 5.17. The number of hydrogen-bond acceptors (Lipinski definition) is 4. The fourth-order valence-electron chi connectivity index (χ4n) is 1.86. The van der Waals surface area contributed by atoms with Crippen LogP contribution in [0.25, 0.3) is 10.4 Å². The van der Waals surface area contributed by atoms with E-state index in [0.29, 0.717) is 13.0 Å². The summed E-state index contributed by atoms with van der Waals surface area (Å²) in [5.74, 6) is 0.114. The quantitative estimate of drug-likeness (QED) is 0.485. The van der Waals surface area contributed by atoms with Crippen molar-refractivity contribution in [2.24, 2.45) is 11.0 Å². The second kappa shape index (κ2) is 4.71. The second-order valence-electron chi connectivity index (χ2n) is 3.83. The maximum atomic E-state index is 11.7. The number of pyridine rings is 1. The van der Waals surface area contributed by atoms with Gasteiger partial charge in [0.15, 0.2) is 11.6 Å². The number of anilines is 1. The molecule has 0 aliphatic carbocycles. The molecule has 1 saturated heterocycles. The van der Waals surface area contributed by atoms with Crippen molar-refractivity contribution >= 4 is 11.7 Å². The maximum Gasteiger partial charge on any atom is 0.228 e. The van der Waals surface area contributed by atoms with E-state index in [9.17, 15) is 9.90 Å². The topological polar surface area (TPSA) is 102 Å². The van der Waals surface area contributed by atoms with Crippen LogP contribution in [0.2, 0.25) is 0 Å². The third-order valence-electron chi connectivity index (χ3n) is 2.63. The lowest BCUT2D eigenvalue weighted by Crippen LogP contribution is -2.25. The van der Waals surface area contributed by atoms with Gasteiger partial charge in [-0.2, -0.15) is 0 Å².